The lowest BCUT2D eigenvalue weighted by atomic mass is 9.96. The van der Waals surface area contributed by atoms with Gasteiger partial charge in [0.25, 0.3) is 5.91 Å². The number of hydrogen-bond donors (Lipinski definition) is 1. The predicted octanol–water partition coefficient (Wildman–Crippen LogP) is 3.89. The zero-order valence-electron chi connectivity index (χ0n) is 13.9. The summed E-state index contributed by atoms with van der Waals surface area (Å²) in [7, 11) is 0. The highest BCUT2D eigenvalue weighted by atomic mass is 32.2. The van der Waals surface area contributed by atoms with Crippen LogP contribution in [0.1, 0.15) is 38.5 Å². The summed E-state index contributed by atoms with van der Waals surface area (Å²) in [6, 6.07) is 4.15. The fraction of sp³-hybridized carbons (Fsp3) is 0.444. The molecule has 1 aliphatic rings. The predicted molar refractivity (Wildman–Crippen MR) is 105 cm³/mol. The summed E-state index contributed by atoms with van der Waals surface area (Å²) in [6.45, 7) is 0.374. The highest BCUT2D eigenvalue weighted by molar-refractivity contribution is 7.98. The molecule has 0 fully saturated rings. The first-order valence-electron chi connectivity index (χ1n) is 8.37. The van der Waals surface area contributed by atoms with E-state index in [4.69, 9.17) is 4.74 Å². The standard InChI is InChI=1S/C18H21NO3S3/c20-17(19-7-9-23-11-13-4-3-8-24-13)10-22-18(21)15-12-25-16-6-2-1-5-14(15)16/h3-4,8,12H,1-2,5-7,9-11H2,(H,19,20). The fourth-order valence-corrected chi connectivity index (χ4v) is 5.57. The van der Waals surface area contributed by atoms with Crippen LogP contribution >= 0.6 is 34.4 Å². The van der Waals surface area contributed by atoms with Gasteiger partial charge in [-0.25, -0.2) is 4.79 Å². The lowest BCUT2D eigenvalue weighted by Crippen LogP contribution is -2.30. The maximum Gasteiger partial charge on any atom is 0.339 e. The maximum atomic E-state index is 12.2. The number of thiophene rings is 2. The molecule has 7 heteroatoms. The lowest BCUT2D eigenvalue weighted by molar-refractivity contribution is -0.124. The Hall–Kier alpha value is -1.31. The molecule has 0 atom stereocenters. The molecular weight excluding hydrogens is 374 g/mol. The van der Waals surface area contributed by atoms with Gasteiger partial charge in [-0.3, -0.25) is 4.79 Å². The molecule has 0 spiro atoms. The lowest BCUT2D eigenvalue weighted by Gasteiger charge is -2.12. The number of hydrogen-bond acceptors (Lipinski definition) is 6. The summed E-state index contributed by atoms with van der Waals surface area (Å²) in [5.74, 6) is 1.19. The number of nitrogens with one attached hydrogen (secondary N) is 1. The van der Waals surface area contributed by atoms with E-state index >= 15 is 0 Å². The second-order valence-corrected chi connectivity index (χ2v) is 8.92. The van der Waals surface area contributed by atoms with Crippen LogP contribution in [-0.2, 0) is 28.1 Å². The van der Waals surface area contributed by atoms with Crippen LogP contribution in [0.5, 0.6) is 0 Å². The van der Waals surface area contributed by atoms with Crippen molar-refractivity contribution < 1.29 is 14.3 Å². The number of carbonyl (C=O) groups is 2. The molecule has 25 heavy (non-hydrogen) atoms. The van der Waals surface area contributed by atoms with Gasteiger partial charge in [0.1, 0.15) is 0 Å². The monoisotopic (exact) mass is 395 g/mol. The van der Waals surface area contributed by atoms with Crippen molar-refractivity contribution in [1.29, 1.82) is 0 Å². The first-order valence-corrected chi connectivity index (χ1v) is 11.3. The van der Waals surface area contributed by atoms with E-state index in [0.717, 1.165) is 36.3 Å². The van der Waals surface area contributed by atoms with E-state index in [1.165, 1.54) is 16.2 Å². The van der Waals surface area contributed by atoms with Gasteiger partial charge in [-0.05, 0) is 42.7 Å². The van der Waals surface area contributed by atoms with E-state index in [2.05, 4.69) is 16.8 Å². The van der Waals surface area contributed by atoms with E-state index in [1.807, 2.05) is 11.4 Å². The molecule has 4 nitrogen and oxygen atoms in total. The number of amides is 1. The van der Waals surface area contributed by atoms with Gasteiger partial charge in [-0.2, -0.15) is 11.8 Å². The van der Waals surface area contributed by atoms with Gasteiger partial charge in [0, 0.05) is 33.2 Å². The van der Waals surface area contributed by atoms with Crippen molar-refractivity contribution in [2.45, 2.75) is 31.4 Å². The normalized spacial score (nSPS) is 13.3. The highest BCUT2D eigenvalue weighted by Crippen LogP contribution is 2.30. The van der Waals surface area contributed by atoms with Crippen LogP contribution in [-0.4, -0.2) is 30.8 Å². The van der Waals surface area contributed by atoms with Crippen LogP contribution in [0, 0.1) is 0 Å². The average molecular weight is 396 g/mol. The molecule has 1 N–H and O–H groups in total. The van der Waals surface area contributed by atoms with E-state index < -0.39 is 0 Å². The molecule has 0 bridgehead atoms. The molecule has 134 valence electrons. The van der Waals surface area contributed by atoms with E-state index in [1.54, 1.807) is 34.4 Å². The third-order valence-corrected chi connectivity index (χ3v) is 7.16. The summed E-state index contributed by atoms with van der Waals surface area (Å²) < 4.78 is 5.18. The van der Waals surface area contributed by atoms with Crippen molar-refractivity contribution >= 4 is 46.3 Å². The van der Waals surface area contributed by atoms with Crippen LogP contribution < -0.4 is 5.32 Å². The molecule has 0 unspecified atom stereocenters. The smallest absolute Gasteiger partial charge is 0.339 e. The number of fused-ring (bicyclic) bond motifs is 1. The largest absolute Gasteiger partial charge is 0.452 e. The zero-order valence-corrected chi connectivity index (χ0v) is 16.4. The molecule has 2 heterocycles. The Kier molecular flexibility index (Phi) is 6.95. The third-order valence-electron chi connectivity index (χ3n) is 4.01. The van der Waals surface area contributed by atoms with Crippen LogP contribution in [0.2, 0.25) is 0 Å². The van der Waals surface area contributed by atoms with Crippen molar-refractivity contribution in [2.24, 2.45) is 0 Å². The van der Waals surface area contributed by atoms with Crippen molar-refractivity contribution in [3.63, 3.8) is 0 Å². The second-order valence-electron chi connectivity index (χ2n) is 5.82. The fourth-order valence-electron chi connectivity index (χ4n) is 2.76. The maximum absolute atomic E-state index is 12.2. The molecule has 0 radical (unpaired) electrons. The Labute approximate surface area is 160 Å². The number of thioether (sulfide) groups is 1. The van der Waals surface area contributed by atoms with Gasteiger partial charge in [0.15, 0.2) is 6.61 Å². The van der Waals surface area contributed by atoms with Crippen LogP contribution in [0.3, 0.4) is 0 Å². The topological polar surface area (TPSA) is 55.4 Å². The Morgan fingerprint density at radius 3 is 2.96 bits per heavy atom. The van der Waals surface area contributed by atoms with E-state index in [0.29, 0.717) is 12.1 Å². The number of esters is 1. The van der Waals surface area contributed by atoms with Crippen LogP contribution in [0.15, 0.2) is 22.9 Å². The van der Waals surface area contributed by atoms with Crippen molar-refractivity contribution in [1.82, 2.24) is 5.32 Å². The molecule has 3 rings (SSSR count). The molecule has 2 aromatic heterocycles. The van der Waals surface area contributed by atoms with Gasteiger partial charge in [-0.1, -0.05) is 6.07 Å². The molecule has 2 aromatic rings. The number of rotatable bonds is 8. The third kappa shape index (κ3) is 5.33. The summed E-state index contributed by atoms with van der Waals surface area (Å²) in [5.41, 5.74) is 1.78. The molecular formula is C18H21NO3S3. The highest BCUT2D eigenvalue weighted by Gasteiger charge is 2.21. The van der Waals surface area contributed by atoms with Crippen LogP contribution in [0.25, 0.3) is 0 Å². The van der Waals surface area contributed by atoms with Crippen LogP contribution in [0.4, 0.5) is 0 Å². The van der Waals surface area contributed by atoms with Gasteiger partial charge in [-0.15, -0.1) is 22.7 Å². The molecule has 0 saturated carbocycles. The minimum absolute atomic E-state index is 0.209. The Morgan fingerprint density at radius 2 is 2.12 bits per heavy atom. The second kappa shape index (κ2) is 9.40. The molecule has 1 amide bonds. The Balaban J connectivity index is 1.33. The summed E-state index contributed by atoms with van der Waals surface area (Å²) >= 11 is 5.15. The molecule has 0 saturated heterocycles. The molecule has 1 aliphatic carbocycles. The number of carbonyl (C=O) groups excluding carboxylic acids is 2. The average Bonchev–Trinajstić information content (AvgIpc) is 3.29. The number of aryl methyl sites for hydroxylation is 1. The van der Waals surface area contributed by atoms with Gasteiger partial charge < -0.3 is 10.1 Å². The quantitative estimate of drug-likeness (QED) is 0.544. The zero-order chi connectivity index (χ0) is 17.5. The van der Waals surface area contributed by atoms with E-state index in [-0.39, 0.29) is 18.5 Å². The van der Waals surface area contributed by atoms with Crippen molar-refractivity contribution in [3.8, 4) is 0 Å². The van der Waals surface area contributed by atoms with E-state index in [9.17, 15) is 9.59 Å². The number of ether oxygens (including phenoxy) is 1. The van der Waals surface area contributed by atoms with Gasteiger partial charge in [0.05, 0.1) is 5.56 Å². The first kappa shape index (κ1) is 18.5. The summed E-state index contributed by atoms with van der Waals surface area (Å²) in [5, 5.41) is 6.73. The molecule has 0 aliphatic heterocycles. The minimum Gasteiger partial charge on any atom is -0.452 e. The minimum atomic E-state index is -0.373. The van der Waals surface area contributed by atoms with Gasteiger partial charge in [0.2, 0.25) is 0 Å². The Bertz CT molecular complexity index is 709. The molecule has 0 aromatic carbocycles. The Morgan fingerprint density at radius 1 is 1.24 bits per heavy atom. The SMILES string of the molecule is O=C(COC(=O)c1csc2c1CCCC2)NCCSCc1cccs1. The summed E-state index contributed by atoms with van der Waals surface area (Å²) in [6.07, 6.45) is 4.30. The van der Waals surface area contributed by atoms with Crippen molar-refractivity contribution in [2.75, 3.05) is 18.9 Å². The van der Waals surface area contributed by atoms with Gasteiger partial charge >= 0.3 is 5.97 Å². The summed E-state index contributed by atoms with van der Waals surface area (Å²) in [4.78, 5) is 26.6. The first-order chi connectivity index (χ1) is 12.2. The van der Waals surface area contributed by atoms with Crippen molar-refractivity contribution in [3.05, 3.63) is 43.8 Å².